The average Bonchev–Trinajstić information content (AvgIpc) is 3.64. The van der Waals surface area contributed by atoms with E-state index in [-0.39, 0.29) is 17.6 Å². The maximum atomic E-state index is 13.2. The number of rotatable bonds is 7. The minimum absolute atomic E-state index is 0.109. The Morgan fingerprint density at radius 1 is 1.12 bits per heavy atom. The lowest BCUT2D eigenvalue weighted by Crippen LogP contribution is -2.48. The number of nitrogens with zero attached hydrogens (tertiary/aromatic N) is 2. The first-order valence-electron chi connectivity index (χ1n) is 12.0. The van der Waals surface area contributed by atoms with Crippen molar-refractivity contribution in [3.8, 4) is 0 Å². The molecule has 176 valence electrons. The van der Waals surface area contributed by atoms with Gasteiger partial charge in [-0.2, -0.15) is 0 Å². The summed E-state index contributed by atoms with van der Waals surface area (Å²) in [6.45, 7) is 10.9. The highest BCUT2D eigenvalue weighted by molar-refractivity contribution is 5.74. The van der Waals surface area contributed by atoms with Gasteiger partial charge in [-0.25, -0.2) is 4.79 Å². The van der Waals surface area contributed by atoms with Crippen molar-refractivity contribution in [2.24, 2.45) is 10.8 Å². The maximum Gasteiger partial charge on any atom is 0.410 e. The van der Waals surface area contributed by atoms with E-state index in [2.05, 4.69) is 29.2 Å². The molecule has 1 unspecified atom stereocenters. The minimum atomic E-state index is -0.685. The second-order valence-electron chi connectivity index (χ2n) is 11.6. The third kappa shape index (κ3) is 5.28. The van der Waals surface area contributed by atoms with E-state index in [9.17, 15) is 14.7 Å². The molecule has 1 N–H and O–H groups in total. The Morgan fingerprint density at radius 2 is 1.75 bits per heavy atom. The SMILES string of the molecule is CC(C)(C)OC(=O)N(CC1(CN2CCC(C)(C(=O)O)CC2)CC1)[C@H]1CC1c1ccccc1. The van der Waals surface area contributed by atoms with Crippen LogP contribution >= 0.6 is 0 Å². The van der Waals surface area contributed by atoms with Crippen LogP contribution in [-0.2, 0) is 9.53 Å². The number of carbonyl (C=O) groups is 2. The molecule has 32 heavy (non-hydrogen) atoms. The summed E-state index contributed by atoms with van der Waals surface area (Å²) >= 11 is 0. The van der Waals surface area contributed by atoms with Crippen LogP contribution in [0.15, 0.2) is 30.3 Å². The molecule has 1 aromatic carbocycles. The van der Waals surface area contributed by atoms with E-state index < -0.39 is 17.0 Å². The topological polar surface area (TPSA) is 70.1 Å². The minimum Gasteiger partial charge on any atom is -0.481 e. The van der Waals surface area contributed by atoms with Gasteiger partial charge in [-0.15, -0.1) is 0 Å². The fourth-order valence-corrected chi connectivity index (χ4v) is 5.02. The molecule has 6 heteroatoms. The van der Waals surface area contributed by atoms with Crippen LogP contribution in [0.1, 0.15) is 71.3 Å². The lowest BCUT2D eigenvalue weighted by Gasteiger charge is -2.39. The van der Waals surface area contributed by atoms with E-state index >= 15 is 0 Å². The molecule has 1 saturated heterocycles. The normalized spacial score (nSPS) is 26.2. The van der Waals surface area contributed by atoms with Gasteiger partial charge in [-0.05, 0) is 78.5 Å². The van der Waals surface area contributed by atoms with Crippen LogP contribution in [0, 0.1) is 10.8 Å². The number of amides is 1. The number of hydrogen-bond acceptors (Lipinski definition) is 4. The van der Waals surface area contributed by atoms with Gasteiger partial charge in [0.15, 0.2) is 0 Å². The third-order valence-corrected chi connectivity index (χ3v) is 7.51. The first-order chi connectivity index (χ1) is 15.0. The highest BCUT2D eigenvalue weighted by Gasteiger charge is 2.53. The number of aliphatic carboxylic acids is 1. The zero-order valence-electron chi connectivity index (χ0n) is 20.0. The van der Waals surface area contributed by atoms with Gasteiger partial charge in [0.2, 0.25) is 0 Å². The van der Waals surface area contributed by atoms with Crippen molar-refractivity contribution in [1.29, 1.82) is 0 Å². The van der Waals surface area contributed by atoms with E-state index in [4.69, 9.17) is 4.74 Å². The van der Waals surface area contributed by atoms with Gasteiger partial charge in [0.1, 0.15) is 5.60 Å². The number of ether oxygens (including phenoxy) is 1. The summed E-state index contributed by atoms with van der Waals surface area (Å²) < 4.78 is 5.81. The Kier molecular flexibility index (Phi) is 6.03. The quantitative estimate of drug-likeness (QED) is 0.660. The Hall–Kier alpha value is -2.08. The number of likely N-dealkylation sites (tertiary alicyclic amines) is 1. The summed E-state index contributed by atoms with van der Waals surface area (Å²) in [5, 5.41) is 9.51. The standard InChI is InChI=1S/C26H38N2O4/c1-24(2,3)32-23(31)28(21-16-20(21)19-8-6-5-7-9-19)18-26(10-11-26)17-27-14-12-25(4,13-15-27)22(29)30/h5-9,20-21H,10-18H2,1-4H3,(H,29,30)/t20?,21-/m0/s1. The van der Waals surface area contributed by atoms with Crippen LogP contribution in [0.25, 0.3) is 0 Å². The van der Waals surface area contributed by atoms with E-state index in [0.29, 0.717) is 18.8 Å². The first-order valence-corrected chi connectivity index (χ1v) is 12.0. The summed E-state index contributed by atoms with van der Waals surface area (Å²) in [6.07, 6.45) is 4.38. The van der Waals surface area contributed by atoms with Gasteiger partial charge in [-0.1, -0.05) is 30.3 Å². The van der Waals surface area contributed by atoms with Gasteiger partial charge in [0.05, 0.1) is 5.41 Å². The summed E-state index contributed by atoms with van der Waals surface area (Å²) in [7, 11) is 0. The molecule has 2 aliphatic carbocycles. The number of carbonyl (C=O) groups excluding carboxylic acids is 1. The first kappa shape index (κ1) is 23.1. The van der Waals surface area contributed by atoms with Crippen molar-refractivity contribution in [3.63, 3.8) is 0 Å². The maximum absolute atomic E-state index is 13.2. The van der Waals surface area contributed by atoms with E-state index in [0.717, 1.165) is 45.4 Å². The second-order valence-corrected chi connectivity index (χ2v) is 11.6. The molecule has 4 rings (SSSR count). The highest BCUT2D eigenvalue weighted by atomic mass is 16.6. The number of piperidine rings is 1. The van der Waals surface area contributed by atoms with E-state index in [1.54, 1.807) is 0 Å². The summed E-state index contributed by atoms with van der Waals surface area (Å²) in [6, 6.07) is 10.6. The lowest BCUT2D eigenvalue weighted by molar-refractivity contribution is -0.150. The molecular formula is C26H38N2O4. The fraction of sp³-hybridized carbons (Fsp3) is 0.692. The summed E-state index contributed by atoms with van der Waals surface area (Å²) in [5.41, 5.74) is 0.279. The molecule has 0 radical (unpaired) electrons. The average molecular weight is 443 g/mol. The Morgan fingerprint density at radius 3 is 2.28 bits per heavy atom. The van der Waals surface area contributed by atoms with Gasteiger partial charge in [0, 0.05) is 30.5 Å². The van der Waals surface area contributed by atoms with E-state index in [1.165, 1.54) is 5.56 Å². The third-order valence-electron chi connectivity index (χ3n) is 7.51. The summed E-state index contributed by atoms with van der Waals surface area (Å²) in [5.74, 6) is -0.305. The van der Waals surface area contributed by atoms with Crippen LogP contribution in [-0.4, -0.2) is 64.8 Å². The summed E-state index contributed by atoms with van der Waals surface area (Å²) in [4.78, 5) is 29.2. The van der Waals surface area contributed by atoms with Gasteiger partial charge in [0.25, 0.3) is 0 Å². The molecule has 1 aromatic rings. The van der Waals surface area contributed by atoms with Crippen molar-refractivity contribution in [3.05, 3.63) is 35.9 Å². The Bertz CT molecular complexity index is 835. The zero-order valence-corrected chi connectivity index (χ0v) is 20.0. The molecule has 1 heterocycles. The number of carboxylic acids is 1. The van der Waals surface area contributed by atoms with Crippen molar-refractivity contribution >= 4 is 12.1 Å². The van der Waals surface area contributed by atoms with Crippen LogP contribution in [0.3, 0.4) is 0 Å². The van der Waals surface area contributed by atoms with Gasteiger partial charge in [-0.3, -0.25) is 4.79 Å². The lowest BCUT2D eigenvalue weighted by atomic mass is 9.80. The Labute approximate surface area is 191 Å². The molecule has 1 amide bonds. The second kappa shape index (κ2) is 8.36. The number of carboxylic acid groups (broad SMARTS) is 1. The highest BCUT2D eigenvalue weighted by Crippen LogP contribution is 2.52. The molecular weight excluding hydrogens is 404 g/mol. The molecule has 6 nitrogen and oxygen atoms in total. The molecule has 0 spiro atoms. The van der Waals surface area contributed by atoms with Crippen LogP contribution in [0.2, 0.25) is 0 Å². The van der Waals surface area contributed by atoms with Crippen molar-refractivity contribution in [1.82, 2.24) is 9.80 Å². The molecule has 0 aromatic heterocycles. The predicted molar refractivity (Wildman–Crippen MR) is 124 cm³/mol. The molecule has 1 aliphatic heterocycles. The van der Waals surface area contributed by atoms with Gasteiger partial charge >= 0.3 is 12.1 Å². The van der Waals surface area contributed by atoms with Crippen LogP contribution in [0.5, 0.6) is 0 Å². The predicted octanol–water partition coefficient (Wildman–Crippen LogP) is 4.75. The fourth-order valence-electron chi connectivity index (χ4n) is 5.02. The van der Waals surface area contributed by atoms with E-state index in [1.807, 2.05) is 38.7 Å². The molecule has 0 bridgehead atoms. The number of hydrogen-bond donors (Lipinski definition) is 1. The van der Waals surface area contributed by atoms with Crippen molar-refractivity contribution < 1.29 is 19.4 Å². The van der Waals surface area contributed by atoms with Gasteiger partial charge < -0.3 is 19.6 Å². The zero-order chi connectivity index (χ0) is 23.1. The smallest absolute Gasteiger partial charge is 0.410 e. The molecule has 2 saturated carbocycles. The molecule has 2 atom stereocenters. The largest absolute Gasteiger partial charge is 0.481 e. The van der Waals surface area contributed by atoms with Crippen molar-refractivity contribution in [2.45, 2.75) is 77.4 Å². The number of benzene rings is 1. The van der Waals surface area contributed by atoms with Crippen LogP contribution < -0.4 is 0 Å². The molecule has 3 fully saturated rings. The molecule has 3 aliphatic rings. The van der Waals surface area contributed by atoms with Crippen LogP contribution in [0.4, 0.5) is 4.79 Å². The Balaban J connectivity index is 1.42. The van der Waals surface area contributed by atoms with Crippen molar-refractivity contribution in [2.75, 3.05) is 26.2 Å². The monoisotopic (exact) mass is 442 g/mol.